The predicted molar refractivity (Wildman–Crippen MR) is 88.7 cm³/mol. The van der Waals surface area contributed by atoms with Crippen molar-refractivity contribution in [1.82, 2.24) is 0 Å². The number of hydrogen-bond acceptors (Lipinski definition) is 4. The standard InChI is InChI=1S/C14H32O4Si2/c1-7-14(17-8-2)20(5,6)18-19(3,4)13-9-11-16-12-10-15/h8,14-15H,2,7,9-13H2,1,3-6H3. The lowest BCUT2D eigenvalue weighted by Gasteiger charge is -2.38. The maximum atomic E-state index is 8.66. The second-order valence-corrected chi connectivity index (χ2v) is 14.8. The van der Waals surface area contributed by atoms with Gasteiger partial charge in [0.1, 0.15) is 5.73 Å². The molecular formula is C14H32O4Si2. The topological polar surface area (TPSA) is 47.9 Å². The van der Waals surface area contributed by atoms with Gasteiger partial charge in [-0.15, -0.1) is 0 Å². The summed E-state index contributed by atoms with van der Waals surface area (Å²) < 4.78 is 17.5. The van der Waals surface area contributed by atoms with E-state index in [9.17, 15) is 0 Å². The first kappa shape index (κ1) is 19.9. The fraction of sp³-hybridized carbons (Fsp3) is 0.857. The quantitative estimate of drug-likeness (QED) is 0.340. The third-order valence-corrected chi connectivity index (χ3v) is 11.2. The zero-order valence-electron chi connectivity index (χ0n) is 13.8. The monoisotopic (exact) mass is 320 g/mol. The van der Waals surface area contributed by atoms with Gasteiger partial charge in [0.2, 0.25) is 8.32 Å². The number of aliphatic hydroxyl groups excluding tert-OH is 1. The molecule has 0 aliphatic rings. The van der Waals surface area contributed by atoms with E-state index in [1.165, 1.54) is 6.26 Å². The van der Waals surface area contributed by atoms with E-state index in [0.717, 1.165) is 18.9 Å². The van der Waals surface area contributed by atoms with E-state index in [-0.39, 0.29) is 12.3 Å². The van der Waals surface area contributed by atoms with E-state index in [4.69, 9.17) is 18.7 Å². The van der Waals surface area contributed by atoms with Gasteiger partial charge in [-0.2, -0.15) is 0 Å². The highest BCUT2D eigenvalue weighted by molar-refractivity contribution is 6.85. The number of rotatable bonds is 12. The van der Waals surface area contributed by atoms with Crippen LogP contribution in [0.5, 0.6) is 0 Å². The van der Waals surface area contributed by atoms with Crippen LogP contribution in [0.25, 0.3) is 0 Å². The molecule has 0 bridgehead atoms. The Bertz CT molecular complexity index is 270. The van der Waals surface area contributed by atoms with Crippen LogP contribution in [0.3, 0.4) is 0 Å². The molecule has 20 heavy (non-hydrogen) atoms. The van der Waals surface area contributed by atoms with Crippen LogP contribution in [0.4, 0.5) is 0 Å². The van der Waals surface area contributed by atoms with Crippen molar-refractivity contribution in [3.8, 4) is 0 Å². The summed E-state index contributed by atoms with van der Waals surface area (Å²) in [4.78, 5) is 0. The van der Waals surface area contributed by atoms with Crippen molar-refractivity contribution in [2.75, 3.05) is 19.8 Å². The lowest BCUT2D eigenvalue weighted by Crippen LogP contribution is -2.52. The Balaban J connectivity index is 4.29. The van der Waals surface area contributed by atoms with Crippen LogP contribution < -0.4 is 0 Å². The highest BCUT2D eigenvalue weighted by Crippen LogP contribution is 2.25. The van der Waals surface area contributed by atoms with Crippen molar-refractivity contribution in [1.29, 1.82) is 0 Å². The minimum Gasteiger partial charge on any atom is -0.499 e. The summed E-state index contributed by atoms with van der Waals surface area (Å²) in [7, 11) is -3.58. The van der Waals surface area contributed by atoms with Crippen molar-refractivity contribution in [2.24, 2.45) is 0 Å². The fourth-order valence-electron chi connectivity index (χ4n) is 2.46. The number of ether oxygens (including phenoxy) is 2. The molecular weight excluding hydrogens is 288 g/mol. The molecule has 0 saturated carbocycles. The highest BCUT2D eigenvalue weighted by atomic mass is 28.4. The van der Waals surface area contributed by atoms with Gasteiger partial charge in [0.15, 0.2) is 8.32 Å². The van der Waals surface area contributed by atoms with E-state index in [1.807, 2.05) is 0 Å². The van der Waals surface area contributed by atoms with E-state index in [2.05, 4.69) is 39.7 Å². The summed E-state index contributed by atoms with van der Waals surface area (Å²) in [6.07, 6.45) is 3.47. The molecule has 120 valence electrons. The van der Waals surface area contributed by atoms with Crippen LogP contribution in [0, 0.1) is 0 Å². The van der Waals surface area contributed by atoms with Crippen molar-refractivity contribution in [2.45, 2.75) is 57.7 Å². The van der Waals surface area contributed by atoms with Gasteiger partial charge in [-0.25, -0.2) is 0 Å². The normalized spacial score (nSPS) is 14.1. The average Bonchev–Trinajstić information content (AvgIpc) is 2.34. The molecule has 0 saturated heterocycles. The minimum atomic E-state index is -1.88. The molecule has 1 atom stereocenters. The molecule has 0 aromatic rings. The second kappa shape index (κ2) is 9.73. The highest BCUT2D eigenvalue weighted by Gasteiger charge is 2.39. The molecule has 6 heteroatoms. The third kappa shape index (κ3) is 8.21. The largest absolute Gasteiger partial charge is 0.499 e. The van der Waals surface area contributed by atoms with Gasteiger partial charge >= 0.3 is 0 Å². The van der Waals surface area contributed by atoms with Crippen molar-refractivity contribution in [3.63, 3.8) is 0 Å². The van der Waals surface area contributed by atoms with E-state index in [0.29, 0.717) is 13.2 Å². The van der Waals surface area contributed by atoms with Gasteiger partial charge in [0, 0.05) is 6.61 Å². The lowest BCUT2D eigenvalue weighted by molar-refractivity contribution is 0.0923. The van der Waals surface area contributed by atoms with Gasteiger partial charge in [0.25, 0.3) is 0 Å². The van der Waals surface area contributed by atoms with Crippen molar-refractivity contribution >= 4 is 16.6 Å². The van der Waals surface area contributed by atoms with E-state index >= 15 is 0 Å². The maximum absolute atomic E-state index is 8.66. The van der Waals surface area contributed by atoms with Gasteiger partial charge in [0.05, 0.1) is 19.5 Å². The molecule has 0 rings (SSSR count). The Hall–Kier alpha value is -0.146. The van der Waals surface area contributed by atoms with Crippen LogP contribution in [0.2, 0.25) is 32.2 Å². The molecule has 1 unspecified atom stereocenters. The summed E-state index contributed by atoms with van der Waals surface area (Å²) in [5.74, 6) is 0. The number of aliphatic hydroxyl groups is 1. The number of hydrogen-bond donors (Lipinski definition) is 1. The smallest absolute Gasteiger partial charge is 0.216 e. The molecule has 0 amide bonds. The zero-order valence-corrected chi connectivity index (χ0v) is 15.8. The fourth-order valence-corrected chi connectivity index (χ4v) is 11.5. The van der Waals surface area contributed by atoms with Gasteiger partial charge < -0.3 is 18.7 Å². The van der Waals surface area contributed by atoms with Crippen LogP contribution in [0.1, 0.15) is 19.8 Å². The zero-order chi connectivity index (χ0) is 15.6. The first-order valence-corrected chi connectivity index (χ1v) is 13.5. The third-order valence-electron chi connectivity index (χ3n) is 3.25. The molecule has 0 spiro atoms. The molecule has 0 fully saturated rings. The lowest BCUT2D eigenvalue weighted by atomic mass is 10.5. The molecule has 0 aliphatic heterocycles. The second-order valence-electron chi connectivity index (χ2n) is 6.10. The Morgan fingerprint density at radius 1 is 1.20 bits per heavy atom. The summed E-state index contributed by atoms with van der Waals surface area (Å²) in [6.45, 7) is 16.0. The molecule has 0 heterocycles. The van der Waals surface area contributed by atoms with Gasteiger partial charge in [-0.1, -0.05) is 13.5 Å². The molecule has 0 aromatic heterocycles. The summed E-state index contributed by atoms with van der Waals surface area (Å²) in [5.41, 5.74) is 0.164. The van der Waals surface area contributed by atoms with Crippen molar-refractivity contribution < 1.29 is 18.7 Å². The Labute approximate surface area is 126 Å². The maximum Gasteiger partial charge on any atom is 0.216 e. The Kier molecular flexibility index (Phi) is 9.66. The van der Waals surface area contributed by atoms with Gasteiger partial charge in [-0.3, -0.25) is 0 Å². The first-order valence-electron chi connectivity index (χ1n) is 7.44. The predicted octanol–water partition coefficient (Wildman–Crippen LogP) is 3.29. The minimum absolute atomic E-state index is 0.0916. The molecule has 1 N–H and O–H groups in total. The van der Waals surface area contributed by atoms with E-state index in [1.54, 1.807) is 0 Å². The molecule has 0 aliphatic carbocycles. The summed E-state index contributed by atoms with van der Waals surface area (Å²) in [5, 5.41) is 8.66. The van der Waals surface area contributed by atoms with Crippen molar-refractivity contribution in [3.05, 3.63) is 12.8 Å². The van der Waals surface area contributed by atoms with E-state index < -0.39 is 16.6 Å². The average molecular weight is 321 g/mol. The Morgan fingerprint density at radius 3 is 2.35 bits per heavy atom. The SMILES string of the molecule is C=COC(CC)[Si](C)(C)O[Si](C)(C)CCCOCCO. The Morgan fingerprint density at radius 2 is 1.85 bits per heavy atom. The van der Waals surface area contributed by atoms with Crippen LogP contribution in [-0.2, 0) is 13.6 Å². The summed E-state index contributed by atoms with van der Waals surface area (Å²) in [6, 6.07) is 1.07. The first-order chi connectivity index (χ1) is 9.29. The van der Waals surface area contributed by atoms with Crippen LogP contribution in [-0.4, -0.2) is 47.3 Å². The molecule has 4 nitrogen and oxygen atoms in total. The summed E-state index contributed by atoms with van der Waals surface area (Å²) >= 11 is 0. The molecule has 0 aromatic carbocycles. The van der Waals surface area contributed by atoms with Crippen LogP contribution in [0.15, 0.2) is 12.8 Å². The van der Waals surface area contributed by atoms with Crippen LogP contribution >= 0.6 is 0 Å². The molecule has 0 radical (unpaired) electrons. The van der Waals surface area contributed by atoms with Gasteiger partial charge in [-0.05, 0) is 45.1 Å².